The Balaban J connectivity index is 2.60. The average Bonchev–Trinajstić information content (AvgIpc) is 2.30. The summed E-state index contributed by atoms with van der Waals surface area (Å²) in [5.74, 6) is 0. The van der Waals surface area contributed by atoms with Gasteiger partial charge in [0.2, 0.25) is 0 Å². The Bertz CT molecular complexity index is 635. The van der Waals surface area contributed by atoms with Gasteiger partial charge in [0.05, 0.1) is 5.56 Å². The summed E-state index contributed by atoms with van der Waals surface area (Å²) in [5, 5.41) is 0.986. The van der Waals surface area contributed by atoms with E-state index in [2.05, 4.69) is 4.98 Å². The van der Waals surface area contributed by atoms with Gasteiger partial charge in [-0.2, -0.15) is 0 Å². The molecule has 17 heavy (non-hydrogen) atoms. The van der Waals surface area contributed by atoms with Crippen LogP contribution < -0.4 is 5.56 Å². The van der Waals surface area contributed by atoms with Gasteiger partial charge in [-0.1, -0.05) is 29.3 Å². The number of aromatic amines is 1. The van der Waals surface area contributed by atoms with Crippen LogP contribution in [-0.2, 0) is 0 Å². The minimum atomic E-state index is -0.422. The topological polar surface area (TPSA) is 49.9 Å². The predicted molar refractivity (Wildman–Crippen MR) is 67.9 cm³/mol. The molecule has 0 saturated carbocycles. The van der Waals surface area contributed by atoms with E-state index in [-0.39, 0.29) is 5.56 Å². The molecule has 0 atom stereocenters. The number of benzene rings is 1. The molecule has 2 aromatic rings. The van der Waals surface area contributed by atoms with Crippen molar-refractivity contribution < 1.29 is 4.79 Å². The van der Waals surface area contributed by atoms with Gasteiger partial charge in [-0.15, -0.1) is 0 Å². The number of hydrogen-bond acceptors (Lipinski definition) is 2. The van der Waals surface area contributed by atoms with E-state index in [1.54, 1.807) is 18.2 Å². The Kier molecular flexibility index (Phi) is 3.31. The largest absolute Gasteiger partial charge is 0.328 e. The van der Waals surface area contributed by atoms with Gasteiger partial charge in [-0.05, 0) is 18.2 Å². The van der Waals surface area contributed by atoms with Gasteiger partial charge in [0.25, 0.3) is 5.56 Å². The number of carbonyl (C=O) groups excluding carboxylic acids is 1. The maximum absolute atomic E-state index is 11.2. The fourth-order valence-corrected chi connectivity index (χ4v) is 1.99. The average molecular weight is 268 g/mol. The fourth-order valence-electron chi connectivity index (χ4n) is 1.47. The third kappa shape index (κ3) is 2.40. The van der Waals surface area contributed by atoms with Crippen LogP contribution in [0.15, 0.2) is 35.3 Å². The van der Waals surface area contributed by atoms with Crippen LogP contribution in [0.4, 0.5) is 0 Å². The van der Waals surface area contributed by atoms with Crippen LogP contribution >= 0.6 is 23.2 Å². The third-order valence-electron chi connectivity index (χ3n) is 2.30. The molecule has 0 aliphatic rings. The van der Waals surface area contributed by atoms with Crippen molar-refractivity contribution in [2.24, 2.45) is 0 Å². The van der Waals surface area contributed by atoms with E-state index in [1.807, 2.05) is 0 Å². The molecule has 1 aromatic carbocycles. The van der Waals surface area contributed by atoms with Gasteiger partial charge in [0.1, 0.15) is 0 Å². The molecule has 1 aromatic heterocycles. The molecular weight excluding hydrogens is 261 g/mol. The van der Waals surface area contributed by atoms with E-state index in [1.165, 1.54) is 12.3 Å². The fraction of sp³-hybridized carbons (Fsp3) is 0. The highest BCUT2D eigenvalue weighted by Gasteiger charge is 2.07. The lowest BCUT2D eigenvalue weighted by molar-refractivity contribution is 0.112. The number of aldehydes is 1. The Labute approximate surface area is 107 Å². The van der Waals surface area contributed by atoms with Crippen LogP contribution in [0.2, 0.25) is 10.0 Å². The number of halogens is 2. The van der Waals surface area contributed by atoms with Gasteiger partial charge in [-0.25, -0.2) is 0 Å². The van der Waals surface area contributed by atoms with E-state index < -0.39 is 5.56 Å². The number of pyridine rings is 1. The van der Waals surface area contributed by atoms with Crippen LogP contribution in [0.25, 0.3) is 11.1 Å². The second-order valence-corrected chi connectivity index (χ2v) is 4.26. The zero-order valence-corrected chi connectivity index (χ0v) is 10.0. The van der Waals surface area contributed by atoms with Crippen molar-refractivity contribution >= 4 is 29.5 Å². The predicted octanol–water partition coefficient (Wildman–Crippen LogP) is 3.16. The highest BCUT2D eigenvalue weighted by molar-refractivity contribution is 6.36. The molecule has 5 heteroatoms. The molecule has 0 fully saturated rings. The molecule has 0 spiro atoms. The molecule has 0 unspecified atom stereocenters. The van der Waals surface area contributed by atoms with Gasteiger partial charge in [0.15, 0.2) is 6.29 Å². The molecule has 0 saturated heterocycles. The lowest BCUT2D eigenvalue weighted by Crippen LogP contribution is -2.10. The molecule has 1 N–H and O–H groups in total. The Hall–Kier alpha value is -1.58. The normalized spacial score (nSPS) is 10.2. The lowest BCUT2D eigenvalue weighted by atomic mass is 10.1. The van der Waals surface area contributed by atoms with E-state index in [9.17, 15) is 9.59 Å². The van der Waals surface area contributed by atoms with Crippen molar-refractivity contribution in [3.05, 3.63) is 56.4 Å². The number of H-pyrrole nitrogens is 1. The first-order valence-corrected chi connectivity index (χ1v) is 5.51. The molecular formula is C12H7Cl2NO2. The first kappa shape index (κ1) is 11.9. The summed E-state index contributed by atoms with van der Waals surface area (Å²) in [4.78, 5) is 24.4. The number of rotatable bonds is 2. The number of aromatic nitrogens is 1. The summed E-state index contributed by atoms with van der Waals surface area (Å²) in [5.41, 5.74) is 1.01. The smallest absolute Gasteiger partial charge is 0.258 e. The van der Waals surface area contributed by atoms with Crippen molar-refractivity contribution in [2.45, 2.75) is 0 Å². The molecule has 0 radical (unpaired) electrons. The monoisotopic (exact) mass is 267 g/mol. The van der Waals surface area contributed by atoms with Crippen molar-refractivity contribution in [2.75, 3.05) is 0 Å². The van der Waals surface area contributed by atoms with Gasteiger partial charge in [-0.3, -0.25) is 9.59 Å². The summed E-state index contributed by atoms with van der Waals surface area (Å²) in [6.45, 7) is 0. The minimum Gasteiger partial charge on any atom is -0.328 e. The van der Waals surface area contributed by atoms with Crippen LogP contribution in [0, 0.1) is 0 Å². The molecule has 2 rings (SSSR count). The summed E-state index contributed by atoms with van der Waals surface area (Å²) in [6, 6.07) is 6.51. The minimum absolute atomic E-state index is 0.0634. The van der Waals surface area contributed by atoms with Crippen molar-refractivity contribution in [3.63, 3.8) is 0 Å². The van der Waals surface area contributed by atoms with E-state index in [0.717, 1.165) is 0 Å². The molecule has 1 heterocycles. The zero-order valence-electron chi connectivity index (χ0n) is 8.54. The lowest BCUT2D eigenvalue weighted by Gasteiger charge is -2.05. The SMILES string of the molecule is O=Cc1cc(-c2ccc(Cl)cc2Cl)c[nH]c1=O. The van der Waals surface area contributed by atoms with Crippen LogP contribution in [0.3, 0.4) is 0 Å². The van der Waals surface area contributed by atoms with E-state index in [4.69, 9.17) is 23.2 Å². The van der Waals surface area contributed by atoms with Crippen molar-refractivity contribution in [1.82, 2.24) is 4.98 Å². The molecule has 0 aliphatic carbocycles. The summed E-state index contributed by atoms with van der Waals surface area (Å²) in [6.07, 6.45) is 2.01. The standard InChI is InChI=1S/C12H7Cl2NO2/c13-9-1-2-10(11(14)4-9)7-3-8(6-16)12(17)15-5-7/h1-6H,(H,15,17). The zero-order chi connectivity index (χ0) is 12.4. The summed E-state index contributed by atoms with van der Waals surface area (Å²) < 4.78 is 0. The first-order chi connectivity index (χ1) is 8.11. The third-order valence-corrected chi connectivity index (χ3v) is 2.85. The van der Waals surface area contributed by atoms with Crippen LogP contribution in [0.1, 0.15) is 10.4 Å². The van der Waals surface area contributed by atoms with Crippen LogP contribution in [-0.4, -0.2) is 11.3 Å². The summed E-state index contributed by atoms with van der Waals surface area (Å²) in [7, 11) is 0. The maximum atomic E-state index is 11.2. The maximum Gasteiger partial charge on any atom is 0.258 e. The second-order valence-electron chi connectivity index (χ2n) is 3.41. The Morgan fingerprint density at radius 1 is 1.18 bits per heavy atom. The highest BCUT2D eigenvalue weighted by Crippen LogP contribution is 2.29. The summed E-state index contributed by atoms with van der Waals surface area (Å²) >= 11 is 11.8. The van der Waals surface area contributed by atoms with E-state index in [0.29, 0.717) is 27.5 Å². The second kappa shape index (κ2) is 4.73. The highest BCUT2D eigenvalue weighted by atomic mass is 35.5. The Morgan fingerprint density at radius 3 is 2.59 bits per heavy atom. The molecule has 0 amide bonds. The van der Waals surface area contributed by atoms with Crippen molar-refractivity contribution in [3.8, 4) is 11.1 Å². The van der Waals surface area contributed by atoms with Gasteiger partial charge >= 0.3 is 0 Å². The molecule has 86 valence electrons. The van der Waals surface area contributed by atoms with Crippen LogP contribution in [0.5, 0.6) is 0 Å². The Morgan fingerprint density at radius 2 is 1.94 bits per heavy atom. The molecule has 3 nitrogen and oxygen atoms in total. The van der Waals surface area contributed by atoms with Gasteiger partial charge in [0, 0.05) is 27.4 Å². The number of carbonyl (C=O) groups is 1. The number of hydrogen-bond donors (Lipinski definition) is 1. The molecule has 0 bridgehead atoms. The quantitative estimate of drug-likeness (QED) is 0.850. The molecule has 0 aliphatic heterocycles. The van der Waals surface area contributed by atoms with Gasteiger partial charge < -0.3 is 4.98 Å². The van der Waals surface area contributed by atoms with Crippen molar-refractivity contribution in [1.29, 1.82) is 0 Å². The number of nitrogens with one attached hydrogen (secondary N) is 1. The van der Waals surface area contributed by atoms with E-state index >= 15 is 0 Å². The first-order valence-electron chi connectivity index (χ1n) is 4.75.